The molecule has 1 heterocycles. The van der Waals surface area contributed by atoms with Gasteiger partial charge in [0.25, 0.3) is 0 Å². The van der Waals surface area contributed by atoms with Crippen LogP contribution in [0.25, 0.3) is 0 Å². The smallest absolute Gasteiger partial charge is 0.191 e. The molecule has 0 amide bonds. The van der Waals surface area contributed by atoms with Gasteiger partial charge in [0.05, 0.1) is 5.60 Å². The Kier molecular flexibility index (Phi) is 7.09. The zero-order chi connectivity index (χ0) is 15.0. The molecule has 0 aliphatic rings. The van der Waals surface area contributed by atoms with E-state index >= 15 is 0 Å². The fourth-order valence-corrected chi connectivity index (χ4v) is 2.08. The zero-order valence-corrected chi connectivity index (χ0v) is 13.7. The Morgan fingerprint density at radius 2 is 1.75 bits per heavy atom. The van der Waals surface area contributed by atoms with E-state index < -0.39 is 5.60 Å². The lowest BCUT2D eigenvalue weighted by molar-refractivity contribution is 0.0456. The van der Waals surface area contributed by atoms with Crippen molar-refractivity contribution in [1.29, 1.82) is 0 Å². The van der Waals surface area contributed by atoms with Crippen molar-refractivity contribution in [3.8, 4) is 0 Å². The molecule has 1 aromatic heterocycles. The molecule has 0 unspecified atom stereocenters. The molecule has 0 atom stereocenters. The summed E-state index contributed by atoms with van der Waals surface area (Å²) in [6.45, 7) is 7.49. The maximum atomic E-state index is 10.3. The largest absolute Gasteiger partial charge is 0.388 e. The van der Waals surface area contributed by atoms with Crippen LogP contribution in [0.2, 0.25) is 0 Å². The molecule has 0 saturated heterocycles. The number of aliphatic hydroxyl groups is 1. The van der Waals surface area contributed by atoms with Crippen molar-refractivity contribution < 1.29 is 5.11 Å². The predicted octanol–water partition coefficient (Wildman–Crippen LogP) is 2.98. The number of hydrogen-bond acceptors (Lipinski definition) is 6. The quantitative estimate of drug-likeness (QED) is 0.481. The van der Waals surface area contributed by atoms with Gasteiger partial charge in [0.15, 0.2) is 5.16 Å². The first-order chi connectivity index (χ1) is 9.56. The summed E-state index contributed by atoms with van der Waals surface area (Å²) in [4.78, 5) is 8.83. The lowest BCUT2D eigenvalue weighted by Gasteiger charge is -2.25. The minimum Gasteiger partial charge on any atom is -0.388 e. The lowest BCUT2D eigenvalue weighted by Crippen LogP contribution is -2.35. The Bertz CT molecular complexity index is 410. The number of nitrogens with zero attached hydrogens (tertiary/aromatic N) is 2. The first-order valence-corrected chi connectivity index (χ1v) is 8.42. The summed E-state index contributed by atoms with van der Waals surface area (Å²) in [7, 11) is 0. The van der Waals surface area contributed by atoms with Crippen LogP contribution < -0.4 is 10.6 Å². The highest BCUT2D eigenvalue weighted by Gasteiger charge is 2.22. The van der Waals surface area contributed by atoms with Crippen LogP contribution in [0, 0.1) is 0 Å². The molecule has 0 radical (unpaired) electrons. The molecule has 114 valence electrons. The fourth-order valence-electron chi connectivity index (χ4n) is 1.71. The van der Waals surface area contributed by atoms with Crippen molar-refractivity contribution in [2.45, 2.75) is 50.8 Å². The Hall–Kier alpha value is -1.01. The second-order valence-electron chi connectivity index (χ2n) is 4.84. The van der Waals surface area contributed by atoms with Crippen molar-refractivity contribution >= 4 is 23.4 Å². The summed E-state index contributed by atoms with van der Waals surface area (Å²) in [5, 5.41) is 17.5. The van der Waals surface area contributed by atoms with Gasteiger partial charge in [-0.3, -0.25) is 0 Å². The lowest BCUT2D eigenvalue weighted by atomic mass is 9.98. The molecule has 0 aromatic carbocycles. The number of hydrogen-bond donors (Lipinski definition) is 3. The van der Waals surface area contributed by atoms with Gasteiger partial charge in [0.1, 0.15) is 11.6 Å². The fraction of sp³-hybridized carbons (Fsp3) is 0.714. The van der Waals surface area contributed by atoms with Crippen LogP contribution in [0.5, 0.6) is 0 Å². The Balaban J connectivity index is 2.77. The normalized spacial score (nSPS) is 11.4. The monoisotopic (exact) mass is 298 g/mol. The van der Waals surface area contributed by atoms with E-state index in [4.69, 9.17) is 0 Å². The van der Waals surface area contributed by atoms with Crippen molar-refractivity contribution in [2.75, 3.05) is 30.0 Å². The summed E-state index contributed by atoms with van der Waals surface area (Å²) in [6.07, 6.45) is 4.44. The minimum absolute atomic E-state index is 0.498. The van der Waals surface area contributed by atoms with Gasteiger partial charge in [0.2, 0.25) is 0 Å². The molecule has 0 spiro atoms. The predicted molar refractivity (Wildman–Crippen MR) is 86.6 cm³/mol. The van der Waals surface area contributed by atoms with Crippen LogP contribution in [0.15, 0.2) is 11.2 Å². The van der Waals surface area contributed by atoms with Crippen LogP contribution in [-0.2, 0) is 0 Å². The number of nitrogens with one attached hydrogen (secondary N) is 2. The van der Waals surface area contributed by atoms with E-state index in [2.05, 4.69) is 27.5 Å². The minimum atomic E-state index is -0.679. The van der Waals surface area contributed by atoms with Crippen LogP contribution in [-0.4, -0.2) is 40.0 Å². The Morgan fingerprint density at radius 1 is 1.15 bits per heavy atom. The van der Waals surface area contributed by atoms with Crippen LogP contribution >= 0.6 is 11.8 Å². The van der Waals surface area contributed by atoms with Gasteiger partial charge in [-0.25, -0.2) is 9.97 Å². The summed E-state index contributed by atoms with van der Waals surface area (Å²) in [6, 6.07) is 1.89. The molecular weight excluding hydrogens is 272 g/mol. The molecule has 0 aliphatic carbocycles. The second kappa shape index (κ2) is 8.32. The highest BCUT2D eigenvalue weighted by molar-refractivity contribution is 7.98. The number of aromatic nitrogens is 2. The van der Waals surface area contributed by atoms with E-state index in [1.807, 2.05) is 26.2 Å². The first-order valence-electron chi connectivity index (χ1n) is 7.20. The maximum Gasteiger partial charge on any atom is 0.191 e. The average molecular weight is 298 g/mol. The van der Waals surface area contributed by atoms with Gasteiger partial charge in [-0.1, -0.05) is 32.5 Å². The highest BCUT2D eigenvalue weighted by Crippen LogP contribution is 2.20. The molecule has 1 aromatic rings. The van der Waals surface area contributed by atoms with Gasteiger partial charge < -0.3 is 15.7 Å². The molecule has 3 N–H and O–H groups in total. The SMILES string of the molecule is CCCNc1cc(NCC(O)(CC)CC)nc(SC)n1. The van der Waals surface area contributed by atoms with Crippen molar-refractivity contribution in [3.63, 3.8) is 0 Å². The van der Waals surface area contributed by atoms with Crippen molar-refractivity contribution in [1.82, 2.24) is 9.97 Å². The zero-order valence-electron chi connectivity index (χ0n) is 12.9. The Morgan fingerprint density at radius 3 is 2.25 bits per heavy atom. The maximum absolute atomic E-state index is 10.3. The third kappa shape index (κ3) is 5.17. The summed E-state index contributed by atoms with van der Waals surface area (Å²) >= 11 is 1.51. The van der Waals surface area contributed by atoms with Crippen LogP contribution in [0.3, 0.4) is 0 Å². The number of anilines is 2. The van der Waals surface area contributed by atoms with Gasteiger partial charge in [-0.15, -0.1) is 0 Å². The van der Waals surface area contributed by atoms with Gasteiger partial charge >= 0.3 is 0 Å². The number of thioether (sulfide) groups is 1. The molecule has 20 heavy (non-hydrogen) atoms. The summed E-state index contributed by atoms with van der Waals surface area (Å²) in [5.41, 5.74) is -0.679. The van der Waals surface area contributed by atoms with Crippen molar-refractivity contribution in [3.05, 3.63) is 6.07 Å². The standard InChI is InChI=1S/C14H26N4OS/c1-5-8-15-11-9-12(18-13(17-11)20-4)16-10-14(19,6-2)7-3/h9,19H,5-8,10H2,1-4H3,(H2,15,16,17,18). The first kappa shape index (κ1) is 17.0. The average Bonchev–Trinajstić information content (AvgIpc) is 2.50. The summed E-state index contributed by atoms with van der Waals surface area (Å²) < 4.78 is 0. The topological polar surface area (TPSA) is 70.1 Å². The molecule has 0 aliphatic heterocycles. The molecular formula is C14H26N4OS. The summed E-state index contributed by atoms with van der Waals surface area (Å²) in [5.74, 6) is 1.58. The highest BCUT2D eigenvalue weighted by atomic mass is 32.2. The molecule has 0 fully saturated rings. The number of rotatable bonds is 9. The Labute approximate surface area is 126 Å². The third-order valence-electron chi connectivity index (χ3n) is 3.36. The third-order valence-corrected chi connectivity index (χ3v) is 3.91. The van der Waals surface area contributed by atoms with E-state index in [1.165, 1.54) is 11.8 Å². The van der Waals surface area contributed by atoms with E-state index in [-0.39, 0.29) is 0 Å². The molecule has 6 heteroatoms. The van der Waals surface area contributed by atoms with Gasteiger partial charge in [-0.05, 0) is 25.5 Å². The van der Waals surface area contributed by atoms with Gasteiger partial charge in [0, 0.05) is 19.2 Å². The molecule has 1 rings (SSSR count). The second-order valence-corrected chi connectivity index (χ2v) is 5.61. The molecule has 0 saturated carbocycles. The molecule has 0 bridgehead atoms. The van der Waals surface area contributed by atoms with E-state index in [1.54, 1.807) is 0 Å². The van der Waals surface area contributed by atoms with Crippen molar-refractivity contribution in [2.24, 2.45) is 0 Å². The van der Waals surface area contributed by atoms with E-state index in [9.17, 15) is 5.11 Å². The van der Waals surface area contributed by atoms with Crippen LogP contribution in [0.1, 0.15) is 40.0 Å². The van der Waals surface area contributed by atoms with E-state index in [0.29, 0.717) is 6.54 Å². The van der Waals surface area contributed by atoms with Gasteiger partial charge in [-0.2, -0.15) is 0 Å². The molecule has 5 nitrogen and oxygen atoms in total. The van der Waals surface area contributed by atoms with E-state index in [0.717, 1.165) is 42.6 Å². The van der Waals surface area contributed by atoms with Crippen LogP contribution in [0.4, 0.5) is 11.6 Å².